The molecule has 0 aliphatic carbocycles. The third-order valence-corrected chi connectivity index (χ3v) is 5.43. The van der Waals surface area contributed by atoms with Crippen LogP contribution in [-0.2, 0) is 24.3 Å². The molecule has 148 valence electrons. The second-order valence-corrected chi connectivity index (χ2v) is 7.18. The molecule has 0 radical (unpaired) electrons. The van der Waals surface area contributed by atoms with Gasteiger partial charge < -0.3 is 9.47 Å². The van der Waals surface area contributed by atoms with Crippen molar-refractivity contribution in [1.29, 1.82) is 0 Å². The van der Waals surface area contributed by atoms with Crippen LogP contribution in [0.4, 0.5) is 0 Å². The van der Waals surface area contributed by atoms with Crippen LogP contribution in [0.2, 0.25) is 0 Å². The van der Waals surface area contributed by atoms with Gasteiger partial charge >= 0.3 is 0 Å². The number of nitrogens with zero attached hydrogens (tertiary/aromatic N) is 7. The maximum absolute atomic E-state index is 12.5. The molecule has 1 fully saturated rings. The van der Waals surface area contributed by atoms with Gasteiger partial charge in [0.25, 0.3) is 0 Å². The molecule has 0 unspecified atom stereocenters. The number of aryl methyl sites for hydroxylation is 1. The van der Waals surface area contributed by atoms with Crippen molar-refractivity contribution >= 4 is 5.91 Å². The molecule has 3 aromatic rings. The molecule has 0 aromatic carbocycles. The highest BCUT2D eigenvalue weighted by atomic mass is 16.2. The molecule has 0 saturated carbocycles. The Morgan fingerprint density at radius 3 is 2.82 bits per heavy atom. The van der Waals surface area contributed by atoms with Gasteiger partial charge in [0, 0.05) is 50.6 Å². The summed E-state index contributed by atoms with van der Waals surface area (Å²) in [6.07, 6.45) is 10.4. The largest absolute Gasteiger partial charge is 0.343 e. The van der Waals surface area contributed by atoms with Crippen LogP contribution >= 0.6 is 0 Å². The van der Waals surface area contributed by atoms with Crippen molar-refractivity contribution in [2.24, 2.45) is 0 Å². The predicted molar refractivity (Wildman–Crippen MR) is 102 cm³/mol. The van der Waals surface area contributed by atoms with E-state index in [-0.39, 0.29) is 5.91 Å². The number of amides is 1. The van der Waals surface area contributed by atoms with Crippen molar-refractivity contribution in [3.05, 3.63) is 48.1 Å². The molecule has 1 N–H and O–H groups in total. The fourth-order valence-corrected chi connectivity index (χ4v) is 3.86. The van der Waals surface area contributed by atoms with Crippen molar-refractivity contribution in [1.82, 2.24) is 39.6 Å². The summed E-state index contributed by atoms with van der Waals surface area (Å²) in [5, 5.41) is 19.9. The van der Waals surface area contributed by atoms with Gasteiger partial charge in [-0.25, -0.2) is 0 Å². The Labute approximate surface area is 163 Å². The van der Waals surface area contributed by atoms with Crippen LogP contribution in [0.1, 0.15) is 49.3 Å². The van der Waals surface area contributed by atoms with Gasteiger partial charge in [-0.05, 0) is 37.8 Å². The normalized spacial score (nSPS) is 15.2. The minimum atomic E-state index is 0.218. The van der Waals surface area contributed by atoms with Crippen molar-refractivity contribution in [2.75, 3.05) is 13.1 Å². The minimum absolute atomic E-state index is 0.218. The van der Waals surface area contributed by atoms with E-state index in [0.717, 1.165) is 56.1 Å². The van der Waals surface area contributed by atoms with E-state index in [1.54, 1.807) is 12.4 Å². The summed E-state index contributed by atoms with van der Waals surface area (Å²) in [6.45, 7) is 5.13. The monoisotopic (exact) mass is 382 g/mol. The first-order valence-electron chi connectivity index (χ1n) is 9.89. The minimum Gasteiger partial charge on any atom is -0.343 e. The number of H-pyrrole nitrogens is 1. The van der Waals surface area contributed by atoms with E-state index in [9.17, 15) is 4.79 Å². The number of carbonyl (C=O) groups is 1. The fourth-order valence-electron chi connectivity index (χ4n) is 3.86. The molecule has 4 rings (SSSR count). The second-order valence-electron chi connectivity index (χ2n) is 7.18. The van der Waals surface area contributed by atoms with E-state index in [2.05, 4.69) is 37.0 Å². The van der Waals surface area contributed by atoms with Crippen LogP contribution in [0.5, 0.6) is 0 Å². The zero-order valence-electron chi connectivity index (χ0n) is 16.2. The molecular weight excluding hydrogens is 356 g/mol. The fraction of sp³-hybridized carbons (Fsp3) is 0.526. The van der Waals surface area contributed by atoms with E-state index in [1.807, 2.05) is 28.0 Å². The van der Waals surface area contributed by atoms with Crippen molar-refractivity contribution in [3.63, 3.8) is 0 Å². The van der Waals surface area contributed by atoms with E-state index >= 15 is 0 Å². The third-order valence-electron chi connectivity index (χ3n) is 5.43. The molecule has 28 heavy (non-hydrogen) atoms. The lowest BCUT2D eigenvalue weighted by atomic mass is 9.95. The van der Waals surface area contributed by atoms with E-state index in [0.29, 0.717) is 18.9 Å². The first-order chi connectivity index (χ1) is 13.7. The van der Waals surface area contributed by atoms with Crippen LogP contribution in [0.3, 0.4) is 0 Å². The number of aromatic amines is 1. The number of hydrogen-bond donors (Lipinski definition) is 1. The number of nitrogens with one attached hydrogen (secondary N) is 1. The molecule has 3 aromatic heterocycles. The number of hydrogen-bond acceptors (Lipinski definition) is 5. The van der Waals surface area contributed by atoms with Gasteiger partial charge in [-0.1, -0.05) is 0 Å². The average Bonchev–Trinajstić information content (AvgIpc) is 3.48. The Hall–Kier alpha value is -2.97. The van der Waals surface area contributed by atoms with Gasteiger partial charge in [0.2, 0.25) is 5.91 Å². The van der Waals surface area contributed by atoms with Gasteiger partial charge in [0.1, 0.15) is 12.4 Å². The van der Waals surface area contributed by atoms with Crippen LogP contribution in [0.15, 0.2) is 30.9 Å². The summed E-state index contributed by atoms with van der Waals surface area (Å²) in [5.41, 5.74) is 1.07. The van der Waals surface area contributed by atoms with Crippen LogP contribution < -0.4 is 0 Å². The molecule has 1 amide bonds. The standard InChI is InChI=1S/C19H26N8O/c1-2-27-17(14-26-9-3-8-22-26)23-24-19(27)16-6-10-25(11-7-16)18(28)5-4-15-12-20-21-13-15/h3,8-9,12-13,16H,2,4-7,10-11,14H2,1H3,(H,20,21). The van der Waals surface area contributed by atoms with Crippen molar-refractivity contribution in [3.8, 4) is 0 Å². The number of rotatable bonds is 7. The lowest BCUT2D eigenvalue weighted by molar-refractivity contribution is -0.132. The lowest BCUT2D eigenvalue weighted by Gasteiger charge is -2.31. The smallest absolute Gasteiger partial charge is 0.222 e. The van der Waals surface area contributed by atoms with Gasteiger partial charge in [-0.15, -0.1) is 10.2 Å². The molecule has 0 bridgehead atoms. The molecule has 9 heteroatoms. The predicted octanol–water partition coefficient (Wildman–Crippen LogP) is 1.60. The summed E-state index contributed by atoms with van der Waals surface area (Å²) in [5.74, 6) is 2.53. The number of piperidine rings is 1. The Morgan fingerprint density at radius 2 is 2.14 bits per heavy atom. The Balaban J connectivity index is 1.34. The zero-order chi connectivity index (χ0) is 19.3. The third kappa shape index (κ3) is 3.97. The molecule has 0 spiro atoms. The molecule has 1 aliphatic heterocycles. The average molecular weight is 382 g/mol. The number of carbonyl (C=O) groups excluding carboxylic acids is 1. The van der Waals surface area contributed by atoms with E-state index < -0.39 is 0 Å². The van der Waals surface area contributed by atoms with Gasteiger partial charge in [-0.3, -0.25) is 14.6 Å². The summed E-state index contributed by atoms with van der Waals surface area (Å²) in [7, 11) is 0. The van der Waals surface area contributed by atoms with E-state index in [4.69, 9.17) is 0 Å². The highest BCUT2D eigenvalue weighted by Crippen LogP contribution is 2.28. The summed E-state index contributed by atoms with van der Waals surface area (Å²) >= 11 is 0. The first-order valence-corrected chi connectivity index (χ1v) is 9.89. The maximum atomic E-state index is 12.5. The summed E-state index contributed by atoms with van der Waals surface area (Å²) in [6, 6.07) is 1.91. The van der Waals surface area contributed by atoms with Gasteiger partial charge in [0.15, 0.2) is 5.82 Å². The molecule has 9 nitrogen and oxygen atoms in total. The summed E-state index contributed by atoms with van der Waals surface area (Å²) in [4.78, 5) is 14.5. The van der Waals surface area contributed by atoms with Crippen molar-refractivity contribution in [2.45, 2.75) is 51.6 Å². The van der Waals surface area contributed by atoms with Crippen LogP contribution in [0, 0.1) is 0 Å². The molecule has 0 atom stereocenters. The SMILES string of the molecule is CCn1c(Cn2cccn2)nnc1C1CCN(C(=O)CCc2cn[nH]c2)CC1. The molecule has 1 aliphatic rings. The Bertz CT molecular complexity index is 875. The Kier molecular flexibility index (Phi) is 5.50. The Morgan fingerprint density at radius 1 is 1.29 bits per heavy atom. The van der Waals surface area contributed by atoms with E-state index in [1.165, 1.54) is 0 Å². The second kappa shape index (κ2) is 8.37. The van der Waals surface area contributed by atoms with Gasteiger partial charge in [-0.2, -0.15) is 10.2 Å². The summed E-state index contributed by atoms with van der Waals surface area (Å²) < 4.78 is 4.06. The molecule has 1 saturated heterocycles. The van der Waals surface area contributed by atoms with Crippen LogP contribution in [-0.4, -0.2) is 58.6 Å². The first kappa shape index (κ1) is 18.4. The molecule has 4 heterocycles. The number of aromatic nitrogens is 7. The highest BCUT2D eigenvalue weighted by molar-refractivity contribution is 5.76. The topological polar surface area (TPSA) is 97.5 Å². The van der Waals surface area contributed by atoms with Crippen LogP contribution in [0.25, 0.3) is 0 Å². The quantitative estimate of drug-likeness (QED) is 0.669. The number of likely N-dealkylation sites (tertiary alicyclic amines) is 1. The van der Waals surface area contributed by atoms with Gasteiger partial charge in [0.05, 0.1) is 6.20 Å². The maximum Gasteiger partial charge on any atom is 0.222 e. The lowest BCUT2D eigenvalue weighted by Crippen LogP contribution is -2.38. The molecular formula is C19H26N8O. The highest BCUT2D eigenvalue weighted by Gasteiger charge is 2.27. The zero-order valence-corrected chi connectivity index (χ0v) is 16.2. The van der Waals surface area contributed by atoms with Crippen molar-refractivity contribution < 1.29 is 4.79 Å².